The third kappa shape index (κ3) is 5.45. The number of halogens is 1. The maximum Gasteiger partial charge on any atom is 0.262 e. The fourth-order valence-corrected chi connectivity index (χ4v) is 4.53. The number of nitrogens with one attached hydrogen (secondary N) is 1. The van der Waals surface area contributed by atoms with Gasteiger partial charge in [-0.05, 0) is 49.6 Å². The predicted octanol–water partition coefficient (Wildman–Crippen LogP) is 4.99. The second-order valence-electron chi connectivity index (χ2n) is 8.30. The number of thioether (sulfide) groups is 1. The molecule has 1 aliphatic heterocycles. The minimum absolute atomic E-state index is 0.126. The van der Waals surface area contributed by atoms with Crippen LogP contribution in [0.1, 0.15) is 27.2 Å². The topological polar surface area (TPSA) is 82.5 Å². The van der Waals surface area contributed by atoms with Crippen molar-refractivity contribution in [2.45, 2.75) is 44.1 Å². The number of fused-ring (bicyclic) bond motifs is 2. The number of nitrogens with zero attached hydrogens (tertiary/aromatic N) is 2. The fourth-order valence-electron chi connectivity index (χ4n) is 3.42. The van der Waals surface area contributed by atoms with Gasteiger partial charge in [0, 0.05) is 23.3 Å². The Balaban J connectivity index is 1.58. The Hall–Kier alpha value is -2.71. The van der Waals surface area contributed by atoms with E-state index < -0.39 is 5.25 Å². The standard InChI is InChI=1S/C24H26ClN3O4S/c1-14(2)8-9-28-23(30)18-6-4-16(25)12-19(18)27-24(28)33-15(3)22(29)26-17-5-7-20-21(13-17)32-11-10-31-20/h4-7,12-15H,8-11H2,1-3H3,(H,26,29). The summed E-state index contributed by atoms with van der Waals surface area (Å²) >= 11 is 7.38. The average molecular weight is 488 g/mol. The highest BCUT2D eigenvalue weighted by molar-refractivity contribution is 8.00. The van der Waals surface area contributed by atoms with Gasteiger partial charge in [0.1, 0.15) is 13.2 Å². The molecule has 2 heterocycles. The SMILES string of the molecule is CC(C)CCn1c(SC(C)C(=O)Nc2ccc3c(c2)OCCO3)nc2cc(Cl)ccc2c1=O. The van der Waals surface area contributed by atoms with Crippen LogP contribution in [0, 0.1) is 5.92 Å². The Labute approximate surface area is 201 Å². The lowest BCUT2D eigenvalue weighted by Crippen LogP contribution is -2.27. The largest absolute Gasteiger partial charge is 0.486 e. The van der Waals surface area contributed by atoms with E-state index in [2.05, 4.69) is 24.1 Å². The summed E-state index contributed by atoms with van der Waals surface area (Å²) in [6.07, 6.45) is 0.825. The molecular formula is C24H26ClN3O4S. The van der Waals surface area contributed by atoms with Crippen LogP contribution in [-0.2, 0) is 11.3 Å². The van der Waals surface area contributed by atoms with Crippen molar-refractivity contribution in [3.8, 4) is 11.5 Å². The van der Waals surface area contributed by atoms with Crippen LogP contribution in [-0.4, -0.2) is 33.9 Å². The van der Waals surface area contributed by atoms with Crippen molar-refractivity contribution in [3.05, 3.63) is 51.8 Å². The molecule has 1 aromatic heterocycles. The predicted molar refractivity (Wildman–Crippen MR) is 132 cm³/mol. The number of amides is 1. The highest BCUT2D eigenvalue weighted by Crippen LogP contribution is 2.33. The van der Waals surface area contributed by atoms with E-state index in [4.69, 9.17) is 21.1 Å². The van der Waals surface area contributed by atoms with Gasteiger partial charge in [-0.15, -0.1) is 0 Å². The van der Waals surface area contributed by atoms with Crippen LogP contribution < -0.4 is 20.3 Å². The molecule has 2 aromatic carbocycles. The molecule has 1 amide bonds. The second kappa shape index (κ2) is 10.1. The van der Waals surface area contributed by atoms with E-state index in [0.717, 1.165) is 6.42 Å². The normalized spacial score (nSPS) is 13.8. The molecule has 3 aromatic rings. The third-order valence-corrected chi connectivity index (χ3v) is 6.60. The van der Waals surface area contributed by atoms with E-state index in [9.17, 15) is 9.59 Å². The first-order valence-electron chi connectivity index (χ1n) is 10.9. The van der Waals surface area contributed by atoms with Gasteiger partial charge in [-0.1, -0.05) is 37.2 Å². The first-order chi connectivity index (χ1) is 15.8. The zero-order chi connectivity index (χ0) is 23.5. The number of aromatic nitrogens is 2. The number of benzene rings is 2. The molecule has 33 heavy (non-hydrogen) atoms. The summed E-state index contributed by atoms with van der Waals surface area (Å²) in [7, 11) is 0. The Morgan fingerprint density at radius 2 is 1.91 bits per heavy atom. The summed E-state index contributed by atoms with van der Waals surface area (Å²) in [6, 6.07) is 10.4. The zero-order valence-electron chi connectivity index (χ0n) is 18.8. The van der Waals surface area contributed by atoms with Crippen LogP contribution in [0.3, 0.4) is 0 Å². The van der Waals surface area contributed by atoms with E-state index in [1.807, 2.05) is 0 Å². The quantitative estimate of drug-likeness (QED) is 0.373. The van der Waals surface area contributed by atoms with Crippen LogP contribution in [0.15, 0.2) is 46.3 Å². The molecular weight excluding hydrogens is 462 g/mol. The molecule has 0 saturated carbocycles. The van der Waals surface area contributed by atoms with Crippen molar-refractivity contribution in [1.82, 2.24) is 9.55 Å². The average Bonchev–Trinajstić information content (AvgIpc) is 2.78. The number of carbonyl (C=O) groups excluding carboxylic acids is 1. The molecule has 1 unspecified atom stereocenters. The zero-order valence-corrected chi connectivity index (χ0v) is 20.3. The Morgan fingerprint density at radius 3 is 2.67 bits per heavy atom. The van der Waals surface area contributed by atoms with E-state index in [0.29, 0.717) is 63.9 Å². The molecule has 0 fully saturated rings. The van der Waals surface area contributed by atoms with Crippen LogP contribution in [0.5, 0.6) is 11.5 Å². The van der Waals surface area contributed by atoms with E-state index >= 15 is 0 Å². The lowest BCUT2D eigenvalue weighted by atomic mass is 10.1. The van der Waals surface area contributed by atoms with Gasteiger partial charge in [-0.2, -0.15) is 0 Å². The molecule has 7 nitrogen and oxygen atoms in total. The maximum absolute atomic E-state index is 13.2. The minimum atomic E-state index is -0.493. The summed E-state index contributed by atoms with van der Waals surface area (Å²) in [5.74, 6) is 1.49. The van der Waals surface area contributed by atoms with Crippen molar-refractivity contribution in [3.63, 3.8) is 0 Å². The van der Waals surface area contributed by atoms with Crippen molar-refractivity contribution in [2.24, 2.45) is 5.92 Å². The van der Waals surface area contributed by atoms with E-state index in [1.165, 1.54) is 11.8 Å². The van der Waals surface area contributed by atoms with Crippen LogP contribution in [0.25, 0.3) is 10.9 Å². The molecule has 0 saturated heterocycles. The number of rotatable bonds is 7. The summed E-state index contributed by atoms with van der Waals surface area (Å²) in [4.78, 5) is 30.8. The first-order valence-corrected chi connectivity index (χ1v) is 12.1. The molecule has 9 heteroatoms. The van der Waals surface area contributed by atoms with Crippen molar-refractivity contribution in [2.75, 3.05) is 18.5 Å². The lowest BCUT2D eigenvalue weighted by molar-refractivity contribution is -0.115. The third-order valence-electron chi connectivity index (χ3n) is 5.27. The Kier molecular flexibility index (Phi) is 7.14. The molecule has 1 N–H and O–H groups in total. The molecule has 174 valence electrons. The lowest BCUT2D eigenvalue weighted by Gasteiger charge is -2.20. The molecule has 0 radical (unpaired) electrons. The number of ether oxygens (including phenoxy) is 2. The van der Waals surface area contributed by atoms with Gasteiger partial charge < -0.3 is 14.8 Å². The van der Waals surface area contributed by atoms with Gasteiger partial charge in [-0.3, -0.25) is 14.2 Å². The molecule has 0 aliphatic carbocycles. The Morgan fingerprint density at radius 1 is 1.15 bits per heavy atom. The van der Waals surface area contributed by atoms with Gasteiger partial charge in [0.15, 0.2) is 16.7 Å². The maximum atomic E-state index is 13.2. The van der Waals surface area contributed by atoms with E-state index in [-0.39, 0.29) is 11.5 Å². The smallest absolute Gasteiger partial charge is 0.262 e. The summed E-state index contributed by atoms with van der Waals surface area (Å²) in [5.41, 5.74) is 1.02. The summed E-state index contributed by atoms with van der Waals surface area (Å²) < 4.78 is 12.8. The molecule has 1 atom stereocenters. The van der Waals surface area contributed by atoms with Crippen LogP contribution >= 0.6 is 23.4 Å². The van der Waals surface area contributed by atoms with Crippen molar-refractivity contribution in [1.29, 1.82) is 0 Å². The highest BCUT2D eigenvalue weighted by Gasteiger charge is 2.21. The minimum Gasteiger partial charge on any atom is -0.486 e. The van der Waals surface area contributed by atoms with Gasteiger partial charge in [-0.25, -0.2) is 4.98 Å². The molecule has 0 spiro atoms. The fraction of sp³-hybridized carbons (Fsp3) is 0.375. The van der Waals surface area contributed by atoms with Crippen LogP contribution in [0.2, 0.25) is 5.02 Å². The first kappa shape index (κ1) is 23.4. The molecule has 0 bridgehead atoms. The van der Waals surface area contributed by atoms with E-state index in [1.54, 1.807) is 47.9 Å². The highest BCUT2D eigenvalue weighted by atomic mass is 35.5. The van der Waals surface area contributed by atoms with Gasteiger partial charge in [0.05, 0.1) is 16.2 Å². The number of hydrogen-bond acceptors (Lipinski definition) is 6. The summed E-state index contributed by atoms with van der Waals surface area (Å²) in [6.45, 7) is 7.52. The number of anilines is 1. The van der Waals surface area contributed by atoms with Crippen LogP contribution in [0.4, 0.5) is 5.69 Å². The molecule has 4 rings (SSSR count). The summed E-state index contributed by atoms with van der Waals surface area (Å²) in [5, 5.41) is 3.94. The Bertz CT molecular complexity index is 1240. The number of hydrogen-bond donors (Lipinski definition) is 1. The number of carbonyl (C=O) groups is 1. The molecule has 1 aliphatic rings. The van der Waals surface area contributed by atoms with Gasteiger partial charge in [0.25, 0.3) is 5.56 Å². The monoisotopic (exact) mass is 487 g/mol. The second-order valence-corrected chi connectivity index (χ2v) is 10.0. The van der Waals surface area contributed by atoms with Gasteiger partial charge in [0.2, 0.25) is 5.91 Å². The van der Waals surface area contributed by atoms with Crippen molar-refractivity contribution >= 4 is 45.9 Å². The van der Waals surface area contributed by atoms with Gasteiger partial charge >= 0.3 is 0 Å². The van der Waals surface area contributed by atoms with Crippen molar-refractivity contribution < 1.29 is 14.3 Å².